The van der Waals surface area contributed by atoms with Gasteiger partial charge in [0.25, 0.3) is 0 Å². The highest BCUT2D eigenvalue weighted by molar-refractivity contribution is 4.86. The molecule has 5 atom stereocenters. The maximum Gasteiger partial charge on any atom is 0.183 e. The Bertz CT molecular complexity index is 125. The first-order valence-corrected chi connectivity index (χ1v) is 3.41. The molecule has 0 radical (unpaired) electrons. The molecule has 5 heteroatoms. The summed E-state index contributed by atoms with van der Waals surface area (Å²) in [6.45, 7) is 1.50. The average molecular weight is 164 g/mol. The van der Waals surface area contributed by atoms with Crippen LogP contribution in [-0.2, 0) is 4.74 Å². The second-order valence-electron chi connectivity index (χ2n) is 2.70. The van der Waals surface area contributed by atoms with Crippen LogP contribution in [0.25, 0.3) is 0 Å². The Morgan fingerprint density at radius 1 is 0.909 bits per heavy atom. The zero-order chi connectivity index (χ0) is 8.59. The number of ether oxygens (including phenoxy) is 1. The Morgan fingerprint density at radius 3 is 2.00 bits per heavy atom. The Labute approximate surface area is 63.8 Å². The van der Waals surface area contributed by atoms with E-state index in [4.69, 9.17) is 20.4 Å². The lowest BCUT2D eigenvalue weighted by molar-refractivity contribution is -0.277. The molecule has 1 heterocycles. The summed E-state index contributed by atoms with van der Waals surface area (Å²) in [6.07, 6.45) is -5.99. The van der Waals surface area contributed by atoms with Crippen molar-refractivity contribution in [3.63, 3.8) is 0 Å². The van der Waals surface area contributed by atoms with Crippen molar-refractivity contribution >= 4 is 0 Å². The predicted octanol–water partition coefficient (Wildman–Crippen LogP) is -2.19. The standard InChI is InChI=1S/C6H12O5/c1-2-3(7)4(8)5(9)6(10)11-2/h2-10H,1H3/t2-,3-,4+,5?,6?/m1/s1. The van der Waals surface area contributed by atoms with Gasteiger partial charge in [-0.2, -0.15) is 0 Å². The first-order chi connectivity index (χ1) is 5.04. The van der Waals surface area contributed by atoms with E-state index >= 15 is 0 Å². The Morgan fingerprint density at radius 2 is 1.45 bits per heavy atom. The molecule has 0 aromatic carbocycles. The van der Waals surface area contributed by atoms with Crippen LogP contribution in [0.4, 0.5) is 0 Å². The third-order valence-corrected chi connectivity index (χ3v) is 1.83. The molecule has 0 aromatic heterocycles. The van der Waals surface area contributed by atoms with E-state index in [0.717, 1.165) is 0 Å². The summed E-state index contributed by atoms with van der Waals surface area (Å²) in [5.74, 6) is 0. The molecule has 2 unspecified atom stereocenters. The summed E-state index contributed by atoms with van der Waals surface area (Å²) in [7, 11) is 0. The molecule has 1 aliphatic rings. The average Bonchev–Trinajstić information content (AvgIpc) is 1.97. The molecule has 1 fully saturated rings. The fraction of sp³-hybridized carbons (Fsp3) is 1.00. The molecule has 0 spiro atoms. The molecule has 0 aliphatic carbocycles. The van der Waals surface area contributed by atoms with Crippen LogP contribution in [0, 0.1) is 0 Å². The molecule has 66 valence electrons. The van der Waals surface area contributed by atoms with Gasteiger partial charge in [0.1, 0.15) is 18.3 Å². The quantitative estimate of drug-likeness (QED) is 0.326. The monoisotopic (exact) mass is 164 g/mol. The summed E-state index contributed by atoms with van der Waals surface area (Å²) in [6, 6.07) is 0. The van der Waals surface area contributed by atoms with Gasteiger partial charge in [-0.05, 0) is 6.92 Å². The van der Waals surface area contributed by atoms with Gasteiger partial charge in [-0.3, -0.25) is 0 Å². The summed E-state index contributed by atoms with van der Waals surface area (Å²) < 4.78 is 4.68. The second-order valence-corrected chi connectivity index (χ2v) is 2.70. The van der Waals surface area contributed by atoms with Crippen LogP contribution >= 0.6 is 0 Å². The van der Waals surface area contributed by atoms with Crippen molar-refractivity contribution < 1.29 is 25.2 Å². The van der Waals surface area contributed by atoms with E-state index in [1.165, 1.54) is 6.92 Å². The van der Waals surface area contributed by atoms with Gasteiger partial charge in [-0.1, -0.05) is 0 Å². The summed E-state index contributed by atoms with van der Waals surface area (Å²) in [5.41, 5.74) is 0. The van der Waals surface area contributed by atoms with Crippen LogP contribution < -0.4 is 0 Å². The van der Waals surface area contributed by atoms with E-state index < -0.39 is 30.7 Å². The molecule has 5 nitrogen and oxygen atoms in total. The van der Waals surface area contributed by atoms with Crippen molar-refractivity contribution in [3.05, 3.63) is 0 Å². The van der Waals surface area contributed by atoms with E-state index in [1.807, 2.05) is 0 Å². The largest absolute Gasteiger partial charge is 0.388 e. The fourth-order valence-electron chi connectivity index (χ4n) is 1.03. The minimum Gasteiger partial charge on any atom is -0.388 e. The number of aliphatic hydroxyl groups excluding tert-OH is 4. The van der Waals surface area contributed by atoms with Crippen molar-refractivity contribution in [1.29, 1.82) is 0 Å². The van der Waals surface area contributed by atoms with Gasteiger partial charge < -0.3 is 25.2 Å². The van der Waals surface area contributed by atoms with Crippen molar-refractivity contribution in [3.8, 4) is 0 Å². The summed E-state index contributed by atoms with van der Waals surface area (Å²) in [5, 5.41) is 36.0. The molecular weight excluding hydrogens is 152 g/mol. The zero-order valence-electron chi connectivity index (χ0n) is 6.08. The number of hydrogen-bond donors (Lipinski definition) is 4. The molecular formula is C6H12O5. The van der Waals surface area contributed by atoms with Crippen LogP contribution in [0.5, 0.6) is 0 Å². The van der Waals surface area contributed by atoms with Crippen molar-refractivity contribution in [1.82, 2.24) is 0 Å². The van der Waals surface area contributed by atoms with E-state index in [-0.39, 0.29) is 0 Å². The van der Waals surface area contributed by atoms with E-state index in [2.05, 4.69) is 4.74 Å². The lowest BCUT2D eigenvalue weighted by Crippen LogP contribution is -2.56. The van der Waals surface area contributed by atoms with E-state index in [1.54, 1.807) is 0 Å². The van der Waals surface area contributed by atoms with E-state index in [9.17, 15) is 0 Å². The van der Waals surface area contributed by atoms with Gasteiger partial charge in [0.2, 0.25) is 0 Å². The molecule has 1 saturated heterocycles. The third kappa shape index (κ3) is 1.52. The van der Waals surface area contributed by atoms with Gasteiger partial charge in [-0.25, -0.2) is 0 Å². The summed E-state index contributed by atoms with van der Waals surface area (Å²) >= 11 is 0. The normalized spacial score (nSPS) is 52.6. The minimum atomic E-state index is -1.43. The minimum absolute atomic E-state index is 0.664. The smallest absolute Gasteiger partial charge is 0.183 e. The number of rotatable bonds is 0. The molecule has 1 rings (SSSR count). The second kappa shape index (κ2) is 3.04. The molecule has 4 N–H and O–H groups in total. The lowest BCUT2D eigenvalue weighted by atomic mass is 10.0. The lowest BCUT2D eigenvalue weighted by Gasteiger charge is -2.36. The van der Waals surface area contributed by atoms with Crippen molar-refractivity contribution in [2.75, 3.05) is 0 Å². The van der Waals surface area contributed by atoms with Gasteiger partial charge >= 0.3 is 0 Å². The Kier molecular flexibility index (Phi) is 2.46. The van der Waals surface area contributed by atoms with Crippen LogP contribution in [-0.4, -0.2) is 51.1 Å². The van der Waals surface area contributed by atoms with Gasteiger partial charge in [0.15, 0.2) is 6.29 Å². The number of hydrogen-bond acceptors (Lipinski definition) is 5. The van der Waals surface area contributed by atoms with Gasteiger partial charge in [0.05, 0.1) is 6.10 Å². The molecule has 0 saturated carbocycles. The molecule has 0 aromatic rings. The van der Waals surface area contributed by atoms with Crippen LogP contribution in [0.3, 0.4) is 0 Å². The van der Waals surface area contributed by atoms with Crippen LogP contribution in [0.1, 0.15) is 6.92 Å². The molecule has 11 heavy (non-hydrogen) atoms. The maximum absolute atomic E-state index is 9.09. The van der Waals surface area contributed by atoms with Crippen molar-refractivity contribution in [2.45, 2.75) is 37.6 Å². The molecule has 0 bridgehead atoms. The highest BCUT2D eigenvalue weighted by atomic mass is 16.6. The highest BCUT2D eigenvalue weighted by Crippen LogP contribution is 2.18. The zero-order valence-corrected chi connectivity index (χ0v) is 6.08. The maximum atomic E-state index is 9.09. The van der Waals surface area contributed by atoms with Crippen molar-refractivity contribution in [2.24, 2.45) is 0 Å². The van der Waals surface area contributed by atoms with Gasteiger partial charge in [0, 0.05) is 0 Å². The predicted molar refractivity (Wildman–Crippen MR) is 34.6 cm³/mol. The third-order valence-electron chi connectivity index (χ3n) is 1.83. The highest BCUT2D eigenvalue weighted by Gasteiger charge is 2.40. The van der Waals surface area contributed by atoms with Crippen LogP contribution in [0.15, 0.2) is 0 Å². The first kappa shape index (κ1) is 8.89. The Balaban J connectivity index is 2.63. The van der Waals surface area contributed by atoms with E-state index in [0.29, 0.717) is 0 Å². The number of aliphatic hydroxyl groups is 4. The first-order valence-electron chi connectivity index (χ1n) is 3.41. The Hall–Kier alpha value is -0.200. The van der Waals surface area contributed by atoms with Gasteiger partial charge in [-0.15, -0.1) is 0 Å². The van der Waals surface area contributed by atoms with Crippen LogP contribution in [0.2, 0.25) is 0 Å². The fourth-order valence-corrected chi connectivity index (χ4v) is 1.03. The topological polar surface area (TPSA) is 90.2 Å². The SMILES string of the molecule is C[C@H]1OC(O)C(O)[C@@H](O)[C@@H]1O. The molecule has 1 aliphatic heterocycles. The molecule has 0 amide bonds. The summed E-state index contributed by atoms with van der Waals surface area (Å²) in [4.78, 5) is 0.